The SMILES string of the molecule is Cc1nn(C)c(C)c1C(=O)N1CC[C@@](C)(C(=O)O)C1. The summed E-state index contributed by atoms with van der Waals surface area (Å²) in [4.78, 5) is 25.3. The third kappa shape index (κ3) is 2.11. The number of nitrogens with zero attached hydrogens (tertiary/aromatic N) is 3. The van der Waals surface area contributed by atoms with E-state index >= 15 is 0 Å². The molecule has 19 heavy (non-hydrogen) atoms. The summed E-state index contributed by atoms with van der Waals surface area (Å²) in [7, 11) is 1.80. The maximum atomic E-state index is 12.5. The highest BCUT2D eigenvalue weighted by Gasteiger charge is 2.42. The summed E-state index contributed by atoms with van der Waals surface area (Å²) in [5, 5.41) is 13.4. The normalized spacial score (nSPS) is 22.8. The molecule has 6 heteroatoms. The maximum absolute atomic E-state index is 12.5. The van der Waals surface area contributed by atoms with Gasteiger partial charge in [0.25, 0.3) is 5.91 Å². The first-order valence-electron chi connectivity index (χ1n) is 6.29. The van der Waals surface area contributed by atoms with Crippen LogP contribution in [0.25, 0.3) is 0 Å². The molecule has 1 N–H and O–H groups in total. The van der Waals surface area contributed by atoms with Gasteiger partial charge in [-0.3, -0.25) is 14.3 Å². The number of aliphatic carboxylic acids is 1. The quantitative estimate of drug-likeness (QED) is 0.864. The first-order valence-corrected chi connectivity index (χ1v) is 6.29. The van der Waals surface area contributed by atoms with Crippen molar-refractivity contribution in [2.24, 2.45) is 12.5 Å². The van der Waals surface area contributed by atoms with Crippen LogP contribution >= 0.6 is 0 Å². The molecule has 0 radical (unpaired) electrons. The number of likely N-dealkylation sites (tertiary alicyclic amines) is 1. The number of carbonyl (C=O) groups excluding carboxylic acids is 1. The number of carboxylic acid groups (broad SMARTS) is 1. The van der Waals surface area contributed by atoms with Crippen LogP contribution in [-0.2, 0) is 11.8 Å². The Labute approximate surface area is 112 Å². The lowest BCUT2D eigenvalue weighted by Crippen LogP contribution is -2.35. The number of hydrogen-bond donors (Lipinski definition) is 1. The predicted molar refractivity (Wildman–Crippen MR) is 68.9 cm³/mol. The largest absolute Gasteiger partial charge is 0.481 e. The predicted octanol–water partition coefficient (Wildman–Crippen LogP) is 0.974. The molecule has 1 aromatic rings. The van der Waals surface area contributed by atoms with E-state index in [1.54, 1.807) is 30.5 Å². The van der Waals surface area contributed by atoms with Gasteiger partial charge in [-0.25, -0.2) is 0 Å². The number of rotatable bonds is 2. The van der Waals surface area contributed by atoms with Crippen molar-refractivity contribution in [3.05, 3.63) is 17.0 Å². The fourth-order valence-corrected chi connectivity index (χ4v) is 2.55. The Morgan fingerprint density at radius 2 is 2.00 bits per heavy atom. The van der Waals surface area contributed by atoms with Gasteiger partial charge >= 0.3 is 5.97 Å². The van der Waals surface area contributed by atoms with Gasteiger partial charge in [0.15, 0.2) is 0 Å². The van der Waals surface area contributed by atoms with Crippen LogP contribution < -0.4 is 0 Å². The van der Waals surface area contributed by atoms with Gasteiger partial charge in [-0.05, 0) is 27.2 Å². The number of aromatic nitrogens is 2. The van der Waals surface area contributed by atoms with Crippen molar-refractivity contribution in [3.8, 4) is 0 Å². The highest BCUT2D eigenvalue weighted by molar-refractivity contribution is 5.97. The lowest BCUT2D eigenvalue weighted by atomic mass is 9.90. The minimum atomic E-state index is -0.845. The molecule has 1 aromatic heterocycles. The lowest BCUT2D eigenvalue weighted by Gasteiger charge is -2.20. The molecule has 2 rings (SSSR count). The first kappa shape index (κ1) is 13.6. The molecule has 6 nitrogen and oxygen atoms in total. The summed E-state index contributed by atoms with van der Waals surface area (Å²) < 4.78 is 1.68. The van der Waals surface area contributed by atoms with Crippen LogP contribution in [-0.4, -0.2) is 44.8 Å². The minimum Gasteiger partial charge on any atom is -0.481 e. The zero-order valence-corrected chi connectivity index (χ0v) is 11.7. The van der Waals surface area contributed by atoms with E-state index in [1.165, 1.54) is 0 Å². The van der Waals surface area contributed by atoms with Crippen LogP contribution in [0, 0.1) is 19.3 Å². The van der Waals surface area contributed by atoms with E-state index in [1.807, 2.05) is 6.92 Å². The number of hydrogen-bond acceptors (Lipinski definition) is 3. The zero-order valence-electron chi connectivity index (χ0n) is 11.7. The molecule has 2 heterocycles. The first-order chi connectivity index (χ1) is 8.76. The average molecular weight is 265 g/mol. The van der Waals surface area contributed by atoms with Crippen molar-refractivity contribution in [3.63, 3.8) is 0 Å². The fourth-order valence-electron chi connectivity index (χ4n) is 2.55. The van der Waals surface area contributed by atoms with Crippen molar-refractivity contribution in [1.29, 1.82) is 0 Å². The molecule has 0 bridgehead atoms. The van der Waals surface area contributed by atoms with Crippen LogP contribution in [0.3, 0.4) is 0 Å². The van der Waals surface area contributed by atoms with Gasteiger partial charge in [-0.15, -0.1) is 0 Å². The van der Waals surface area contributed by atoms with E-state index < -0.39 is 11.4 Å². The Bertz CT molecular complexity index is 550. The van der Waals surface area contributed by atoms with Crippen LogP contribution in [0.1, 0.15) is 35.1 Å². The van der Waals surface area contributed by atoms with Gasteiger partial charge in [-0.2, -0.15) is 5.10 Å². The zero-order chi connectivity index (χ0) is 14.4. The molecule has 0 unspecified atom stereocenters. The highest BCUT2D eigenvalue weighted by Crippen LogP contribution is 2.31. The van der Waals surface area contributed by atoms with Gasteiger partial charge in [0, 0.05) is 25.8 Å². The van der Waals surface area contributed by atoms with Crippen molar-refractivity contribution in [1.82, 2.24) is 14.7 Å². The van der Waals surface area contributed by atoms with Gasteiger partial charge in [-0.1, -0.05) is 0 Å². The molecule has 0 aliphatic carbocycles. The second kappa shape index (κ2) is 4.36. The van der Waals surface area contributed by atoms with E-state index in [0.717, 1.165) is 5.69 Å². The summed E-state index contributed by atoms with van der Waals surface area (Å²) in [6.45, 7) is 6.07. The molecule has 1 fully saturated rings. The minimum absolute atomic E-state index is 0.118. The molecule has 0 aromatic carbocycles. The van der Waals surface area contributed by atoms with Crippen LogP contribution in [0.15, 0.2) is 0 Å². The molecule has 1 aliphatic heterocycles. The van der Waals surface area contributed by atoms with Gasteiger partial charge in [0.2, 0.25) is 0 Å². The summed E-state index contributed by atoms with van der Waals surface area (Å²) in [5.74, 6) is -0.962. The molecule has 0 saturated carbocycles. The standard InChI is InChI=1S/C13H19N3O3/c1-8-10(9(2)15(4)14-8)11(17)16-6-5-13(3,7-16)12(18)19/h5-7H2,1-4H3,(H,18,19)/t13-/m1/s1. The Balaban J connectivity index is 2.25. The summed E-state index contributed by atoms with van der Waals surface area (Å²) in [5.41, 5.74) is 1.26. The van der Waals surface area contributed by atoms with Crippen LogP contribution in [0.4, 0.5) is 0 Å². The average Bonchev–Trinajstić information content (AvgIpc) is 2.83. The van der Waals surface area contributed by atoms with E-state index in [0.29, 0.717) is 24.2 Å². The topological polar surface area (TPSA) is 75.4 Å². The molecular formula is C13H19N3O3. The van der Waals surface area contributed by atoms with Gasteiger partial charge < -0.3 is 10.0 Å². The van der Waals surface area contributed by atoms with E-state index in [4.69, 9.17) is 0 Å². The Kier molecular flexibility index (Phi) is 3.12. The van der Waals surface area contributed by atoms with Gasteiger partial charge in [0.1, 0.15) is 0 Å². The summed E-state index contributed by atoms with van der Waals surface area (Å²) in [6, 6.07) is 0. The van der Waals surface area contributed by atoms with Gasteiger partial charge in [0.05, 0.1) is 16.7 Å². The van der Waals surface area contributed by atoms with E-state index in [2.05, 4.69) is 5.10 Å². The monoisotopic (exact) mass is 265 g/mol. The molecule has 1 amide bonds. The number of aryl methyl sites for hydroxylation is 2. The Morgan fingerprint density at radius 3 is 2.42 bits per heavy atom. The van der Waals surface area contributed by atoms with Crippen LogP contribution in [0.5, 0.6) is 0 Å². The summed E-state index contributed by atoms with van der Waals surface area (Å²) >= 11 is 0. The van der Waals surface area contributed by atoms with Crippen molar-refractivity contribution in [2.45, 2.75) is 27.2 Å². The third-order valence-electron chi connectivity index (χ3n) is 4.00. The fraction of sp³-hybridized carbons (Fsp3) is 0.615. The second-order valence-corrected chi connectivity index (χ2v) is 5.51. The van der Waals surface area contributed by atoms with Crippen LogP contribution in [0.2, 0.25) is 0 Å². The maximum Gasteiger partial charge on any atom is 0.311 e. The molecule has 1 aliphatic rings. The number of carboxylic acids is 1. The third-order valence-corrected chi connectivity index (χ3v) is 4.00. The summed E-state index contributed by atoms with van der Waals surface area (Å²) in [6.07, 6.45) is 0.492. The van der Waals surface area contributed by atoms with Crippen molar-refractivity contribution < 1.29 is 14.7 Å². The Hall–Kier alpha value is -1.85. The molecule has 1 atom stereocenters. The second-order valence-electron chi connectivity index (χ2n) is 5.51. The Morgan fingerprint density at radius 1 is 1.37 bits per heavy atom. The smallest absolute Gasteiger partial charge is 0.311 e. The highest BCUT2D eigenvalue weighted by atomic mass is 16.4. The number of carbonyl (C=O) groups is 2. The number of amides is 1. The van der Waals surface area contributed by atoms with E-state index in [-0.39, 0.29) is 12.5 Å². The molecule has 1 saturated heterocycles. The molecule has 0 spiro atoms. The van der Waals surface area contributed by atoms with Crippen molar-refractivity contribution >= 4 is 11.9 Å². The molecular weight excluding hydrogens is 246 g/mol. The van der Waals surface area contributed by atoms with E-state index in [9.17, 15) is 14.7 Å². The molecule has 104 valence electrons. The van der Waals surface area contributed by atoms with Crippen molar-refractivity contribution in [2.75, 3.05) is 13.1 Å². The lowest BCUT2D eigenvalue weighted by molar-refractivity contribution is -0.147.